The molecule has 0 aromatic heterocycles. The van der Waals surface area contributed by atoms with Gasteiger partial charge >= 0.3 is 5.97 Å². The monoisotopic (exact) mass is 193 g/mol. The summed E-state index contributed by atoms with van der Waals surface area (Å²) in [6.07, 6.45) is 3.48. The third kappa shape index (κ3) is 3.93. The molecular formula is C8H16ClNO2. The van der Waals surface area contributed by atoms with Crippen LogP contribution in [0.4, 0.5) is 0 Å². The van der Waals surface area contributed by atoms with Gasteiger partial charge in [0.2, 0.25) is 0 Å². The quantitative estimate of drug-likeness (QED) is 0.690. The molecule has 1 rings (SSSR count). The summed E-state index contributed by atoms with van der Waals surface area (Å²) in [5, 5.41) is 3.10. The Bertz CT molecular complexity index is 135. The van der Waals surface area contributed by atoms with Gasteiger partial charge in [0.05, 0.1) is 0 Å². The number of carbonyl (C=O) groups is 1. The summed E-state index contributed by atoms with van der Waals surface area (Å²) >= 11 is 0. The molecular weight excluding hydrogens is 178 g/mol. The van der Waals surface area contributed by atoms with E-state index in [4.69, 9.17) is 4.74 Å². The molecule has 1 N–H and O–H groups in total. The molecule has 1 aliphatic rings. The molecule has 4 heteroatoms. The highest BCUT2D eigenvalue weighted by Crippen LogP contribution is 2.07. The number of rotatable bonds is 3. The molecule has 1 aliphatic heterocycles. The molecule has 0 aromatic rings. The fraction of sp³-hybridized carbons (Fsp3) is 0.875. The average Bonchev–Trinajstić information content (AvgIpc) is 2.40. The average molecular weight is 194 g/mol. The first-order valence-corrected chi connectivity index (χ1v) is 4.26. The summed E-state index contributed by atoms with van der Waals surface area (Å²) in [5.41, 5.74) is 0. The van der Waals surface area contributed by atoms with Crippen molar-refractivity contribution in [2.24, 2.45) is 0 Å². The van der Waals surface area contributed by atoms with Crippen molar-refractivity contribution in [2.45, 2.75) is 38.8 Å². The standard InChI is InChI=1S/C8H15NO2.ClH/c1-2-4-8(10)11-7-5-3-6-9-7;/h7,9H,2-6H2,1H3;1H. The van der Waals surface area contributed by atoms with Crippen molar-refractivity contribution >= 4 is 18.4 Å². The van der Waals surface area contributed by atoms with Crippen LogP contribution >= 0.6 is 12.4 Å². The van der Waals surface area contributed by atoms with Crippen molar-refractivity contribution in [3.63, 3.8) is 0 Å². The van der Waals surface area contributed by atoms with Crippen LogP contribution < -0.4 is 5.32 Å². The second-order valence-corrected chi connectivity index (χ2v) is 2.82. The maximum Gasteiger partial charge on any atom is 0.307 e. The van der Waals surface area contributed by atoms with Crippen LogP contribution in [0.25, 0.3) is 0 Å². The third-order valence-corrected chi connectivity index (χ3v) is 1.74. The van der Waals surface area contributed by atoms with E-state index in [1.54, 1.807) is 0 Å². The van der Waals surface area contributed by atoms with E-state index >= 15 is 0 Å². The van der Waals surface area contributed by atoms with Crippen LogP contribution in [0.1, 0.15) is 32.6 Å². The van der Waals surface area contributed by atoms with Gasteiger partial charge in [-0.25, -0.2) is 0 Å². The number of hydrogen-bond donors (Lipinski definition) is 1. The van der Waals surface area contributed by atoms with Crippen LogP contribution in [0.2, 0.25) is 0 Å². The Hall–Kier alpha value is -0.280. The van der Waals surface area contributed by atoms with Crippen molar-refractivity contribution in [2.75, 3.05) is 6.54 Å². The van der Waals surface area contributed by atoms with Crippen LogP contribution in [0.3, 0.4) is 0 Å². The molecule has 12 heavy (non-hydrogen) atoms. The lowest BCUT2D eigenvalue weighted by molar-refractivity contribution is -0.149. The van der Waals surface area contributed by atoms with E-state index in [2.05, 4.69) is 5.32 Å². The summed E-state index contributed by atoms with van der Waals surface area (Å²) in [7, 11) is 0. The van der Waals surface area contributed by atoms with Gasteiger partial charge in [0.1, 0.15) is 0 Å². The summed E-state index contributed by atoms with van der Waals surface area (Å²) < 4.78 is 5.10. The first-order chi connectivity index (χ1) is 5.33. The van der Waals surface area contributed by atoms with Gasteiger partial charge in [-0.15, -0.1) is 12.4 Å². The smallest absolute Gasteiger partial charge is 0.307 e. The van der Waals surface area contributed by atoms with E-state index in [0.29, 0.717) is 6.42 Å². The Balaban J connectivity index is 0.00000121. The molecule has 1 saturated heterocycles. The van der Waals surface area contributed by atoms with Crippen LogP contribution in [-0.4, -0.2) is 18.7 Å². The van der Waals surface area contributed by atoms with Gasteiger partial charge in [0, 0.05) is 6.42 Å². The van der Waals surface area contributed by atoms with Crippen LogP contribution in [0, 0.1) is 0 Å². The molecule has 1 atom stereocenters. The highest BCUT2D eigenvalue weighted by molar-refractivity contribution is 5.85. The highest BCUT2D eigenvalue weighted by Gasteiger charge is 2.17. The van der Waals surface area contributed by atoms with Gasteiger partial charge in [-0.2, -0.15) is 0 Å². The van der Waals surface area contributed by atoms with E-state index in [0.717, 1.165) is 25.8 Å². The minimum Gasteiger partial charge on any atom is -0.447 e. The zero-order valence-corrected chi connectivity index (χ0v) is 8.15. The SMILES string of the molecule is CCCC(=O)OC1CCCN1.Cl. The summed E-state index contributed by atoms with van der Waals surface area (Å²) in [6, 6.07) is 0. The largest absolute Gasteiger partial charge is 0.447 e. The molecule has 0 saturated carbocycles. The predicted molar refractivity (Wildman–Crippen MR) is 49.3 cm³/mol. The number of esters is 1. The molecule has 0 aliphatic carbocycles. The number of carbonyl (C=O) groups excluding carboxylic acids is 1. The fourth-order valence-corrected chi connectivity index (χ4v) is 1.17. The zero-order valence-electron chi connectivity index (χ0n) is 7.34. The molecule has 1 heterocycles. The molecule has 0 amide bonds. The van der Waals surface area contributed by atoms with Crippen molar-refractivity contribution in [1.82, 2.24) is 5.32 Å². The third-order valence-electron chi connectivity index (χ3n) is 1.74. The van der Waals surface area contributed by atoms with Gasteiger partial charge in [-0.05, 0) is 25.8 Å². The molecule has 3 nitrogen and oxygen atoms in total. The Morgan fingerprint density at radius 2 is 2.42 bits per heavy atom. The maximum atomic E-state index is 10.9. The minimum atomic E-state index is -0.0769. The van der Waals surface area contributed by atoms with Crippen molar-refractivity contribution in [3.8, 4) is 0 Å². The Morgan fingerprint density at radius 1 is 1.67 bits per heavy atom. The van der Waals surface area contributed by atoms with Crippen molar-refractivity contribution in [1.29, 1.82) is 0 Å². The Kier molecular flexibility index (Phi) is 6.11. The molecule has 1 fully saturated rings. The summed E-state index contributed by atoms with van der Waals surface area (Å²) in [6.45, 7) is 2.95. The zero-order chi connectivity index (χ0) is 8.10. The highest BCUT2D eigenvalue weighted by atomic mass is 35.5. The number of hydrogen-bond acceptors (Lipinski definition) is 3. The van der Waals surface area contributed by atoms with E-state index in [1.165, 1.54) is 0 Å². The lowest BCUT2D eigenvalue weighted by Gasteiger charge is -2.10. The van der Waals surface area contributed by atoms with E-state index in [-0.39, 0.29) is 24.6 Å². The van der Waals surface area contributed by atoms with Gasteiger partial charge in [-0.3, -0.25) is 10.1 Å². The topological polar surface area (TPSA) is 38.3 Å². The second-order valence-electron chi connectivity index (χ2n) is 2.82. The fourth-order valence-electron chi connectivity index (χ4n) is 1.17. The normalized spacial score (nSPS) is 21.6. The number of nitrogens with one attached hydrogen (secondary N) is 1. The lowest BCUT2D eigenvalue weighted by atomic mass is 10.3. The van der Waals surface area contributed by atoms with Crippen molar-refractivity contribution < 1.29 is 9.53 Å². The summed E-state index contributed by atoms with van der Waals surface area (Å²) in [5.74, 6) is -0.0769. The molecule has 1 unspecified atom stereocenters. The van der Waals surface area contributed by atoms with Gasteiger partial charge in [0.25, 0.3) is 0 Å². The first kappa shape index (κ1) is 11.7. The number of ether oxygens (including phenoxy) is 1. The van der Waals surface area contributed by atoms with Crippen LogP contribution in [-0.2, 0) is 9.53 Å². The molecule has 0 bridgehead atoms. The molecule has 0 radical (unpaired) electrons. The van der Waals surface area contributed by atoms with Gasteiger partial charge < -0.3 is 4.74 Å². The minimum absolute atomic E-state index is 0. The van der Waals surface area contributed by atoms with E-state index < -0.39 is 0 Å². The van der Waals surface area contributed by atoms with Crippen LogP contribution in [0.5, 0.6) is 0 Å². The van der Waals surface area contributed by atoms with Gasteiger partial charge in [-0.1, -0.05) is 6.92 Å². The predicted octanol–water partition coefficient (Wildman–Crippen LogP) is 1.46. The number of halogens is 1. The van der Waals surface area contributed by atoms with Crippen LogP contribution in [0.15, 0.2) is 0 Å². The van der Waals surface area contributed by atoms with E-state index in [1.807, 2.05) is 6.92 Å². The molecule has 72 valence electrons. The molecule has 0 aromatic carbocycles. The Labute approximate surface area is 79.3 Å². The summed E-state index contributed by atoms with van der Waals surface area (Å²) in [4.78, 5) is 10.9. The Morgan fingerprint density at radius 3 is 2.92 bits per heavy atom. The van der Waals surface area contributed by atoms with Gasteiger partial charge in [0.15, 0.2) is 6.23 Å². The lowest BCUT2D eigenvalue weighted by Crippen LogP contribution is -2.27. The molecule has 0 spiro atoms. The first-order valence-electron chi connectivity index (χ1n) is 4.26. The van der Waals surface area contributed by atoms with E-state index in [9.17, 15) is 4.79 Å². The maximum absolute atomic E-state index is 10.9. The van der Waals surface area contributed by atoms with Crippen molar-refractivity contribution in [3.05, 3.63) is 0 Å². The second kappa shape index (κ2) is 6.26.